The lowest BCUT2D eigenvalue weighted by molar-refractivity contribution is -0.152. The topological polar surface area (TPSA) is 57.6 Å². The first-order chi connectivity index (χ1) is 6.66. The fraction of sp³-hybridized carbons (Fsp3) is 0.800. The molecule has 0 aromatic rings. The highest BCUT2D eigenvalue weighted by molar-refractivity contribution is 5.83. The van der Waals surface area contributed by atoms with E-state index in [1.165, 1.54) is 4.90 Å². The average molecular weight is 199 g/mol. The number of rotatable bonds is 3. The van der Waals surface area contributed by atoms with Crippen LogP contribution in [0.2, 0.25) is 0 Å². The van der Waals surface area contributed by atoms with Gasteiger partial charge in [0.15, 0.2) is 0 Å². The predicted octanol–water partition coefficient (Wildman–Crippen LogP) is 1.25. The fourth-order valence-corrected chi connectivity index (χ4v) is 1.84. The van der Waals surface area contributed by atoms with Crippen LogP contribution in [-0.2, 0) is 9.59 Å². The summed E-state index contributed by atoms with van der Waals surface area (Å²) < 4.78 is 0. The largest absolute Gasteiger partial charge is 0.480 e. The van der Waals surface area contributed by atoms with E-state index in [1.54, 1.807) is 0 Å². The quantitative estimate of drug-likeness (QED) is 0.744. The average Bonchev–Trinajstić information content (AvgIpc) is 2.18. The molecule has 1 heterocycles. The monoisotopic (exact) mass is 199 g/mol. The first-order valence-corrected chi connectivity index (χ1v) is 5.19. The summed E-state index contributed by atoms with van der Waals surface area (Å²) in [6, 6.07) is -0.581. The highest BCUT2D eigenvalue weighted by Crippen LogP contribution is 2.18. The molecule has 1 saturated heterocycles. The number of carboxylic acids is 1. The van der Waals surface area contributed by atoms with Gasteiger partial charge in [-0.15, -0.1) is 0 Å². The van der Waals surface area contributed by atoms with Gasteiger partial charge in [0.1, 0.15) is 6.04 Å². The van der Waals surface area contributed by atoms with Crippen LogP contribution in [0.5, 0.6) is 0 Å². The maximum Gasteiger partial charge on any atom is 0.326 e. The molecule has 1 fully saturated rings. The molecule has 4 heteroatoms. The van der Waals surface area contributed by atoms with Crippen LogP contribution in [0.25, 0.3) is 0 Å². The summed E-state index contributed by atoms with van der Waals surface area (Å²) in [6.07, 6.45) is 3.68. The lowest BCUT2D eigenvalue weighted by atomic mass is 10.0. The van der Waals surface area contributed by atoms with Crippen molar-refractivity contribution < 1.29 is 14.7 Å². The molecule has 1 aliphatic heterocycles. The van der Waals surface area contributed by atoms with Crippen molar-refractivity contribution in [1.82, 2.24) is 4.90 Å². The highest BCUT2D eigenvalue weighted by Gasteiger charge is 2.30. The van der Waals surface area contributed by atoms with Crippen LogP contribution >= 0.6 is 0 Å². The van der Waals surface area contributed by atoms with Crippen LogP contribution in [0, 0.1) is 0 Å². The van der Waals surface area contributed by atoms with Gasteiger partial charge in [-0.05, 0) is 25.7 Å². The summed E-state index contributed by atoms with van der Waals surface area (Å²) in [6.45, 7) is 2.54. The number of aliphatic carboxylic acids is 1. The van der Waals surface area contributed by atoms with E-state index in [0.717, 1.165) is 19.3 Å². The van der Waals surface area contributed by atoms with Crippen molar-refractivity contribution in [3.05, 3.63) is 0 Å². The van der Waals surface area contributed by atoms with Gasteiger partial charge in [-0.3, -0.25) is 4.79 Å². The third-order valence-electron chi connectivity index (χ3n) is 2.57. The molecule has 0 bridgehead atoms. The Labute approximate surface area is 83.9 Å². The number of nitrogens with zero attached hydrogens (tertiary/aromatic N) is 1. The zero-order chi connectivity index (χ0) is 10.6. The summed E-state index contributed by atoms with van der Waals surface area (Å²) in [5.41, 5.74) is 0. The van der Waals surface area contributed by atoms with Gasteiger partial charge in [-0.1, -0.05) is 6.92 Å². The second-order valence-electron chi connectivity index (χ2n) is 3.69. The molecule has 0 radical (unpaired) electrons. The fourth-order valence-electron chi connectivity index (χ4n) is 1.84. The minimum Gasteiger partial charge on any atom is -0.480 e. The van der Waals surface area contributed by atoms with Crippen molar-refractivity contribution in [1.29, 1.82) is 0 Å². The first-order valence-electron chi connectivity index (χ1n) is 5.19. The lowest BCUT2D eigenvalue weighted by Crippen LogP contribution is -2.47. The predicted molar refractivity (Wildman–Crippen MR) is 51.9 cm³/mol. The van der Waals surface area contributed by atoms with E-state index in [4.69, 9.17) is 5.11 Å². The van der Waals surface area contributed by atoms with Crippen LogP contribution < -0.4 is 0 Å². The van der Waals surface area contributed by atoms with E-state index in [9.17, 15) is 9.59 Å². The molecule has 4 nitrogen and oxygen atoms in total. The van der Waals surface area contributed by atoms with Gasteiger partial charge < -0.3 is 10.0 Å². The summed E-state index contributed by atoms with van der Waals surface area (Å²) in [5.74, 6) is -0.881. The molecule has 1 aliphatic rings. The van der Waals surface area contributed by atoms with E-state index in [0.29, 0.717) is 19.4 Å². The Morgan fingerprint density at radius 3 is 2.71 bits per heavy atom. The van der Waals surface area contributed by atoms with Gasteiger partial charge in [0, 0.05) is 13.0 Å². The minimum absolute atomic E-state index is 0.0143. The Bertz CT molecular complexity index is 227. The molecule has 80 valence electrons. The number of hydrogen-bond acceptors (Lipinski definition) is 2. The Kier molecular flexibility index (Phi) is 3.92. The molecule has 1 N–H and O–H groups in total. The van der Waals surface area contributed by atoms with Crippen molar-refractivity contribution in [3.63, 3.8) is 0 Å². The van der Waals surface area contributed by atoms with Crippen LogP contribution in [0.1, 0.15) is 39.0 Å². The number of hydrogen-bond donors (Lipinski definition) is 1. The van der Waals surface area contributed by atoms with Crippen molar-refractivity contribution in [3.8, 4) is 0 Å². The normalized spacial score (nSPS) is 22.1. The molecular formula is C10H17NO3. The number of carbonyl (C=O) groups excluding carboxylic acids is 1. The second-order valence-corrected chi connectivity index (χ2v) is 3.69. The summed E-state index contributed by atoms with van der Waals surface area (Å²) >= 11 is 0. The molecule has 0 unspecified atom stereocenters. The van der Waals surface area contributed by atoms with Crippen molar-refractivity contribution >= 4 is 11.9 Å². The van der Waals surface area contributed by atoms with Gasteiger partial charge >= 0.3 is 5.97 Å². The maximum absolute atomic E-state index is 11.6. The Morgan fingerprint density at radius 2 is 2.14 bits per heavy atom. The van der Waals surface area contributed by atoms with Gasteiger partial charge in [-0.2, -0.15) is 0 Å². The van der Waals surface area contributed by atoms with Crippen molar-refractivity contribution in [2.45, 2.75) is 45.1 Å². The number of amides is 1. The molecule has 0 saturated carbocycles. The third-order valence-corrected chi connectivity index (χ3v) is 2.57. The van der Waals surface area contributed by atoms with Crippen LogP contribution in [0.3, 0.4) is 0 Å². The minimum atomic E-state index is -0.867. The van der Waals surface area contributed by atoms with Gasteiger partial charge in [-0.25, -0.2) is 4.79 Å². The Morgan fingerprint density at radius 1 is 1.43 bits per heavy atom. The van der Waals surface area contributed by atoms with Crippen LogP contribution in [0.15, 0.2) is 0 Å². The van der Waals surface area contributed by atoms with E-state index in [-0.39, 0.29) is 5.91 Å². The first kappa shape index (κ1) is 11.0. The van der Waals surface area contributed by atoms with Crippen LogP contribution in [0.4, 0.5) is 0 Å². The van der Waals surface area contributed by atoms with Crippen molar-refractivity contribution in [2.75, 3.05) is 6.54 Å². The smallest absolute Gasteiger partial charge is 0.326 e. The summed E-state index contributed by atoms with van der Waals surface area (Å²) in [5, 5.41) is 8.93. The molecule has 0 aliphatic carbocycles. The Balaban J connectivity index is 2.62. The number of piperidine rings is 1. The molecular weight excluding hydrogens is 182 g/mol. The standard InChI is InChI=1S/C10H17NO3/c1-2-5-9(12)11-7-4-3-6-8(11)10(13)14/h8H,2-7H2,1H3,(H,13,14)/t8-/m0/s1. The maximum atomic E-state index is 11.6. The van der Waals surface area contributed by atoms with Crippen molar-refractivity contribution in [2.24, 2.45) is 0 Å². The summed E-state index contributed by atoms with van der Waals surface area (Å²) in [7, 11) is 0. The van der Waals surface area contributed by atoms with Gasteiger partial charge in [0.2, 0.25) is 5.91 Å². The molecule has 1 rings (SSSR count). The molecule has 0 aromatic carbocycles. The summed E-state index contributed by atoms with van der Waals surface area (Å²) in [4.78, 5) is 24.0. The molecule has 1 amide bonds. The zero-order valence-corrected chi connectivity index (χ0v) is 8.53. The van der Waals surface area contributed by atoms with E-state index in [1.807, 2.05) is 6.92 Å². The molecule has 1 atom stereocenters. The number of carboxylic acid groups (broad SMARTS) is 1. The molecule has 14 heavy (non-hydrogen) atoms. The van der Waals surface area contributed by atoms with Gasteiger partial charge in [0.25, 0.3) is 0 Å². The number of carbonyl (C=O) groups is 2. The third kappa shape index (κ3) is 2.47. The van der Waals surface area contributed by atoms with E-state index < -0.39 is 12.0 Å². The van der Waals surface area contributed by atoms with E-state index >= 15 is 0 Å². The zero-order valence-electron chi connectivity index (χ0n) is 8.53. The molecule has 0 aromatic heterocycles. The van der Waals surface area contributed by atoms with Crippen LogP contribution in [-0.4, -0.2) is 34.5 Å². The van der Waals surface area contributed by atoms with Gasteiger partial charge in [0.05, 0.1) is 0 Å². The second kappa shape index (κ2) is 4.98. The highest BCUT2D eigenvalue weighted by atomic mass is 16.4. The number of likely N-dealkylation sites (tertiary alicyclic amines) is 1. The SMILES string of the molecule is CCCC(=O)N1CCCC[C@H]1C(=O)O. The Hall–Kier alpha value is -1.06. The lowest BCUT2D eigenvalue weighted by Gasteiger charge is -2.32. The van der Waals surface area contributed by atoms with E-state index in [2.05, 4.69) is 0 Å². The molecule has 0 spiro atoms.